The van der Waals surface area contributed by atoms with E-state index in [9.17, 15) is 17.6 Å². The van der Waals surface area contributed by atoms with Gasteiger partial charge in [0.15, 0.2) is 11.5 Å². The molecule has 1 aliphatic rings. The van der Waals surface area contributed by atoms with Crippen molar-refractivity contribution in [2.75, 3.05) is 7.11 Å². The van der Waals surface area contributed by atoms with Gasteiger partial charge in [-0.15, -0.1) is 0 Å². The van der Waals surface area contributed by atoms with Crippen LogP contribution >= 0.6 is 0 Å². The number of hydrogen-bond donors (Lipinski definition) is 0. The SMILES string of the molecule is CCc1cc(OCc2ccc(-c3nc(C(F)(F)F)cn3C)c(F)c2)nc(-c2c(OC)ncnc2C2CC2)n1. The molecule has 198 valence electrons. The van der Waals surface area contributed by atoms with Crippen molar-refractivity contribution in [2.24, 2.45) is 7.05 Å². The summed E-state index contributed by atoms with van der Waals surface area (Å²) < 4.78 is 66.4. The highest BCUT2D eigenvalue weighted by atomic mass is 19.4. The third kappa shape index (κ3) is 5.15. The first-order chi connectivity index (χ1) is 18.2. The molecule has 4 aromatic rings. The minimum atomic E-state index is -4.62. The standard InChI is InChI=1S/C26H24F4N6O2/c1-4-16-10-20(35-23(33-16)21-22(15-6-7-15)31-13-32-25(21)37-3)38-12-14-5-8-17(18(27)9-14)24-34-19(11-36(24)2)26(28,29)30/h5,8-11,13,15H,4,6-7,12H2,1-3H3. The number of aryl methyl sites for hydroxylation is 2. The van der Waals surface area contributed by atoms with Crippen molar-refractivity contribution in [1.82, 2.24) is 29.5 Å². The number of nitrogens with zero attached hydrogens (tertiary/aromatic N) is 6. The molecule has 1 saturated carbocycles. The summed E-state index contributed by atoms with van der Waals surface area (Å²) in [6.45, 7) is 1.93. The first-order valence-electron chi connectivity index (χ1n) is 12.0. The molecule has 1 aromatic carbocycles. The van der Waals surface area contributed by atoms with Gasteiger partial charge < -0.3 is 14.0 Å². The summed E-state index contributed by atoms with van der Waals surface area (Å²) in [6, 6.07) is 5.86. The van der Waals surface area contributed by atoms with Crippen molar-refractivity contribution in [3.05, 3.63) is 65.3 Å². The van der Waals surface area contributed by atoms with Gasteiger partial charge in [-0.3, -0.25) is 0 Å². The highest BCUT2D eigenvalue weighted by molar-refractivity contribution is 5.66. The average molecular weight is 529 g/mol. The maximum atomic E-state index is 14.9. The molecule has 0 radical (unpaired) electrons. The molecule has 0 amide bonds. The van der Waals surface area contributed by atoms with Crippen molar-refractivity contribution in [3.8, 4) is 34.5 Å². The highest BCUT2D eigenvalue weighted by Gasteiger charge is 2.35. The molecule has 3 aromatic heterocycles. The van der Waals surface area contributed by atoms with Crippen molar-refractivity contribution < 1.29 is 27.0 Å². The predicted molar refractivity (Wildman–Crippen MR) is 129 cm³/mol. The van der Waals surface area contributed by atoms with Crippen LogP contribution in [0.2, 0.25) is 0 Å². The number of methoxy groups -OCH3 is 1. The van der Waals surface area contributed by atoms with Crippen LogP contribution < -0.4 is 9.47 Å². The van der Waals surface area contributed by atoms with E-state index in [-0.39, 0.29) is 23.9 Å². The monoisotopic (exact) mass is 528 g/mol. The Morgan fingerprint density at radius 3 is 2.50 bits per heavy atom. The number of ether oxygens (including phenoxy) is 2. The second-order valence-electron chi connectivity index (χ2n) is 8.95. The number of rotatable bonds is 8. The number of hydrogen-bond acceptors (Lipinski definition) is 7. The number of halogens is 4. The maximum Gasteiger partial charge on any atom is 0.434 e. The van der Waals surface area contributed by atoms with Crippen LogP contribution in [0.1, 0.15) is 48.3 Å². The lowest BCUT2D eigenvalue weighted by Crippen LogP contribution is -2.06. The van der Waals surface area contributed by atoms with E-state index in [0.717, 1.165) is 35.0 Å². The summed E-state index contributed by atoms with van der Waals surface area (Å²) in [7, 11) is 2.91. The van der Waals surface area contributed by atoms with Gasteiger partial charge in [-0.2, -0.15) is 18.2 Å². The van der Waals surface area contributed by atoms with Crippen molar-refractivity contribution >= 4 is 0 Å². The summed E-state index contributed by atoms with van der Waals surface area (Å²) >= 11 is 0. The minimum absolute atomic E-state index is 0.0247. The molecular weight excluding hydrogens is 504 g/mol. The van der Waals surface area contributed by atoms with Gasteiger partial charge in [-0.1, -0.05) is 13.0 Å². The normalized spacial score (nSPS) is 13.6. The van der Waals surface area contributed by atoms with E-state index in [4.69, 9.17) is 9.47 Å². The van der Waals surface area contributed by atoms with Crippen LogP contribution in [0.15, 0.2) is 36.8 Å². The van der Waals surface area contributed by atoms with Crippen LogP contribution in [0.3, 0.4) is 0 Å². The molecule has 5 rings (SSSR count). The zero-order chi connectivity index (χ0) is 27.0. The van der Waals surface area contributed by atoms with Crippen molar-refractivity contribution in [2.45, 2.75) is 44.9 Å². The van der Waals surface area contributed by atoms with E-state index in [1.54, 1.807) is 12.1 Å². The fourth-order valence-electron chi connectivity index (χ4n) is 4.09. The zero-order valence-corrected chi connectivity index (χ0v) is 20.9. The van der Waals surface area contributed by atoms with Crippen molar-refractivity contribution in [3.63, 3.8) is 0 Å². The molecule has 0 spiro atoms. The van der Waals surface area contributed by atoms with E-state index in [1.807, 2.05) is 6.92 Å². The summed E-state index contributed by atoms with van der Waals surface area (Å²) in [5.41, 5.74) is 1.52. The Kier molecular flexibility index (Phi) is 6.72. The Morgan fingerprint density at radius 1 is 1.08 bits per heavy atom. The predicted octanol–water partition coefficient (Wildman–Crippen LogP) is 5.52. The zero-order valence-electron chi connectivity index (χ0n) is 20.9. The summed E-state index contributed by atoms with van der Waals surface area (Å²) in [4.78, 5) is 21.4. The first kappa shape index (κ1) is 25.6. The Labute approximate surface area is 215 Å². The van der Waals surface area contributed by atoms with Gasteiger partial charge in [0, 0.05) is 30.9 Å². The summed E-state index contributed by atoms with van der Waals surface area (Å²) in [6.07, 6.45) is 0.314. The number of imidazole rings is 1. The van der Waals surface area contributed by atoms with Gasteiger partial charge in [0.1, 0.15) is 30.1 Å². The first-order valence-corrected chi connectivity index (χ1v) is 12.0. The van der Waals surface area contributed by atoms with E-state index in [2.05, 4.69) is 24.9 Å². The fourth-order valence-corrected chi connectivity index (χ4v) is 4.09. The Balaban J connectivity index is 1.40. The third-order valence-corrected chi connectivity index (χ3v) is 6.17. The van der Waals surface area contributed by atoms with Gasteiger partial charge in [-0.05, 0) is 37.0 Å². The molecule has 0 atom stereocenters. The second kappa shape index (κ2) is 9.99. The molecule has 1 fully saturated rings. The maximum absolute atomic E-state index is 14.9. The van der Waals surface area contributed by atoms with Gasteiger partial charge in [-0.25, -0.2) is 24.3 Å². The molecule has 0 bridgehead atoms. The number of benzene rings is 1. The lowest BCUT2D eigenvalue weighted by atomic mass is 10.1. The molecule has 0 aliphatic heterocycles. The van der Waals surface area contributed by atoms with Crippen LogP contribution in [0, 0.1) is 5.82 Å². The topological polar surface area (TPSA) is 87.8 Å². The van der Waals surface area contributed by atoms with E-state index in [0.29, 0.717) is 35.2 Å². The van der Waals surface area contributed by atoms with Crippen LogP contribution in [-0.2, 0) is 26.3 Å². The fraction of sp³-hybridized carbons (Fsp3) is 0.346. The number of aromatic nitrogens is 6. The molecular formula is C26H24F4N6O2. The van der Waals surface area contributed by atoms with Gasteiger partial charge in [0.25, 0.3) is 0 Å². The molecule has 8 nitrogen and oxygen atoms in total. The summed E-state index contributed by atoms with van der Waals surface area (Å²) in [5.74, 6) is 0.500. The van der Waals surface area contributed by atoms with Crippen LogP contribution in [0.5, 0.6) is 11.8 Å². The second-order valence-corrected chi connectivity index (χ2v) is 8.95. The van der Waals surface area contributed by atoms with E-state index < -0.39 is 17.7 Å². The average Bonchev–Trinajstić information content (AvgIpc) is 3.67. The van der Waals surface area contributed by atoms with Gasteiger partial charge in [0.2, 0.25) is 11.8 Å². The molecule has 38 heavy (non-hydrogen) atoms. The van der Waals surface area contributed by atoms with E-state index in [1.165, 1.54) is 32.6 Å². The quantitative estimate of drug-likeness (QED) is 0.278. The molecule has 3 heterocycles. The van der Waals surface area contributed by atoms with Crippen LogP contribution in [0.25, 0.3) is 22.8 Å². The van der Waals surface area contributed by atoms with Crippen molar-refractivity contribution in [1.29, 1.82) is 0 Å². The molecule has 0 N–H and O–H groups in total. The lowest BCUT2D eigenvalue weighted by molar-refractivity contribution is -0.140. The van der Waals surface area contributed by atoms with Gasteiger partial charge >= 0.3 is 6.18 Å². The molecule has 0 unspecified atom stereocenters. The summed E-state index contributed by atoms with van der Waals surface area (Å²) in [5, 5.41) is 0. The molecule has 0 saturated heterocycles. The molecule has 1 aliphatic carbocycles. The Morgan fingerprint density at radius 2 is 1.87 bits per heavy atom. The third-order valence-electron chi connectivity index (χ3n) is 6.17. The Hall–Kier alpha value is -4.09. The smallest absolute Gasteiger partial charge is 0.434 e. The largest absolute Gasteiger partial charge is 0.480 e. The number of alkyl halides is 3. The van der Waals surface area contributed by atoms with E-state index >= 15 is 0 Å². The van der Waals surface area contributed by atoms with Crippen LogP contribution in [-0.4, -0.2) is 36.6 Å². The van der Waals surface area contributed by atoms with Crippen LogP contribution in [0.4, 0.5) is 17.6 Å². The molecule has 12 heteroatoms. The van der Waals surface area contributed by atoms with Gasteiger partial charge in [0.05, 0.1) is 18.4 Å². The lowest BCUT2D eigenvalue weighted by Gasteiger charge is -2.13. The minimum Gasteiger partial charge on any atom is -0.480 e. The highest BCUT2D eigenvalue weighted by Crippen LogP contribution is 2.45. The Bertz CT molecular complexity index is 1480.